The standard InChI is InChI=1S/C21H24N2O5/c1-26-18-9-8-17(19(12-18)27-2)13-22-10-11-23(14-20(22)24)21(25)28-15-16-6-4-3-5-7-16/h3-9,12H,10-11,13-15H2,1-2H3. The summed E-state index contributed by atoms with van der Waals surface area (Å²) in [4.78, 5) is 27.9. The molecule has 0 atom stereocenters. The van der Waals surface area contributed by atoms with E-state index >= 15 is 0 Å². The van der Waals surface area contributed by atoms with Crippen LogP contribution in [0.25, 0.3) is 0 Å². The van der Waals surface area contributed by atoms with E-state index in [-0.39, 0.29) is 19.1 Å². The van der Waals surface area contributed by atoms with Crippen LogP contribution in [0.2, 0.25) is 0 Å². The SMILES string of the molecule is COc1ccc(CN2CCN(C(=O)OCc3ccccc3)CC2=O)c(OC)c1. The van der Waals surface area contributed by atoms with E-state index < -0.39 is 6.09 Å². The molecule has 148 valence electrons. The summed E-state index contributed by atoms with van der Waals surface area (Å²) in [6, 6.07) is 15.0. The third-order valence-electron chi connectivity index (χ3n) is 4.64. The molecule has 0 spiro atoms. The molecule has 7 nitrogen and oxygen atoms in total. The number of carbonyl (C=O) groups excluding carboxylic acids is 2. The molecular weight excluding hydrogens is 360 g/mol. The second kappa shape index (κ2) is 9.12. The minimum Gasteiger partial charge on any atom is -0.497 e. The number of amides is 2. The Labute approximate surface area is 164 Å². The molecule has 0 unspecified atom stereocenters. The number of hydrogen-bond acceptors (Lipinski definition) is 5. The Kier molecular flexibility index (Phi) is 6.37. The summed E-state index contributed by atoms with van der Waals surface area (Å²) in [5.74, 6) is 1.23. The van der Waals surface area contributed by atoms with E-state index in [4.69, 9.17) is 14.2 Å². The van der Waals surface area contributed by atoms with Gasteiger partial charge in [-0.15, -0.1) is 0 Å². The largest absolute Gasteiger partial charge is 0.497 e. The van der Waals surface area contributed by atoms with E-state index in [0.29, 0.717) is 31.1 Å². The number of hydrogen-bond donors (Lipinski definition) is 0. The van der Waals surface area contributed by atoms with Gasteiger partial charge in [-0.1, -0.05) is 30.3 Å². The Bertz CT molecular complexity index is 825. The van der Waals surface area contributed by atoms with Crippen molar-refractivity contribution >= 4 is 12.0 Å². The van der Waals surface area contributed by atoms with E-state index in [1.807, 2.05) is 42.5 Å². The molecule has 2 amide bonds. The van der Waals surface area contributed by atoms with Crippen LogP contribution in [0.15, 0.2) is 48.5 Å². The molecule has 0 aliphatic carbocycles. The highest BCUT2D eigenvalue weighted by Crippen LogP contribution is 2.26. The first kappa shape index (κ1) is 19.5. The molecule has 1 fully saturated rings. The van der Waals surface area contributed by atoms with Crippen LogP contribution in [-0.4, -0.2) is 55.7 Å². The fourth-order valence-electron chi connectivity index (χ4n) is 3.03. The van der Waals surface area contributed by atoms with Gasteiger partial charge in [-0.3, -0.25) is 9.69 Å². The summed E-state index contributed by atoms with van der Waals surface area (Å²) >= 11 is 0. The molecule has 0 radical (unpaired) electrons. The number of methoxy groups -OCH3 is 2. The lowest BCUT2D eigenvalue weighted by atomic mass is 10.1. The Balaban J connectivity index is 1.55. The van der Waals surface area contributed by atoms with Crippen LogP contribution in [0.1, 0.15) is 11.1 Å². The van der Waals surface area contributed by atoms with Gasteiger partial charge in [0.15, 0.2) is 0 Å². The van der Waals surface area contributed by atoms with Crippen LogP contribution in [0.3, 0.4) is 0 Å². The van der Waals surface area contributed by atoms with Gasteiger partial charge in [0.2, 0.25) is 5.91 Å². The van der Waals surface area contributed by atoms with Crippen molar-refractivity contribution in [3.8, 4) is 11.5 Å². The first-order chi connectivity index (χ1) is 13.6. The van der Waals surface area contributed by atoms with Gasteiger partial charge in [0.25, 0.3) is 0 Å². The molecular formula is C21H24N2O5. The molecule has 0 bridgehead atoms. The Morgan fingerprint density at radius 2 is 1.82 bits per heavy atom. The Morgan fingerprint density at radius 1 is 1.04 bits per heavy atom. The number of ether oxygens (including phenoxy) is 3. The first-order valence-electron chi connectivity index (χ1n) is 9.05. The maximum atomic E-state index is 12.5. The molecule has 7 heteroatoms. The predicted octanol–water partition coefficient (Wildman–Crippen LogP) is 2.68. The minimum absolute atomic E-state index is 0.00604. The Morgan fingerprint density at radius 3 is 2.50 bits per heavy atom. The van der Waals surface area contributed by atoms with Crippen molar-refractivity contribution in [2.75, 3.05) is 33.9 Å². The zero-order chi connectivity index (χ0) is 19.9. The highest BCUT2D eigenvalue weighted by molar-refractivity contribution is 5.83. The highest BCUT2D eigenvalue weighted by atomic mass is 16.6. The van der Waals surface area contributed by atoms with Gasteiger partial charge in [0, 0.05) is 31.3 Å². The summed E-state index contributed by atoms with van der Waals surface area (Å²) in [7, 11) is 3.18. The van der Waals surface area contributed by atoms with Crippen LogP contribution >= 0.6 is 0 Å². The zero-order valence-electron chi connectivity index (χ0n) is 16.1. The quantitative estimate of drug-likeness (QED) is 0.766. The highest BCUT2D eigenvalue weighted by Gasteiger charge is 2.28. The number of nitrogens with zero attached hydrogens (tertiary/aromatic N) is 2. The number of carbonyl (C=O) groups is 2. The molecule has 1 aliphatic rings. The summed E-state index contributed by atoms with van der Waals surface area (Å²) in [5.41, 5.74) is 1.80. The molecule has 0 aromatic heterocycles. The summed E-state index contributed by atoms with van der Waals surface area (Å²) in [6.07, 6.45) is -0.473. The summed E-state index contributed by atoms with van der Waals surface area (Å²) in [6.45, 7) is 1.48. The second-order valence-electron chi connectivity index (χ2n) is 6.45. The lowest BCUT2D eigenvalue weighted by Crippen LogP contribution is -2.51. The molecule has 1 heterocycles. The first-order valence-corrected chi connectivity index (χ1v) is 9.05. The lowest BCUT2D eigenvalue weighted by molar-refractivity contribution is -0.136. The van der Waals surface area contributed by atoms with Crippen molar-refractivity contribution in [2.24, 2.45) is 0 Å². The average molecular weight is 384 g/mol. The van der Waals surface area contributed by atoms with Gasteiger partial charge >= 0.3 is 6.09 Å². The molecule has 28 heavy (non-hydrogen) atoms. The molecule has 1 saturated heterocycles. The van der Waals surface area contributed by atoms with Crippen molar-refractivity contribution in [2.45, 2.75) is 13.2 Å². The van der Waals surface area contributed by atoms with Crippen molar-refractivity contribution in [3.63, 3.8) is 0 Å². The van der Waals surface area contributed by atoms with Gasteiger partial charge in [-0.2, -0.15) is 0 Å². The van der Waals surface area contributed by atoms with Crippen LogP contribution in [0.5, 0.6) is 11.5 Å². The van der Waals surface area contributed by atoms with Crippen molar-refractivity contribution < 1.29 is 23.8 Å². The van der Waals surface area contributed by atoms with Crippen molar-refractivity contribution in [1.29, 1.82) is 0 Å². The fraction of sp³-hybridized carbons (Fsp3) is 0.333. The second-order valence-corrected chi connectivity index (χ2v) is 6.45. The predicted molar refractivity (Wildman–Crippen MR) is 103 cm³/mol. The van der Waals surface area contributed by atoms with E-state index in [2.05, 4.69) is 0 Å². The molecule has 2 aromatic carbocycles. The topological polar surface area (TPSA) is 68.3 Å². The number of rotatable bonds is 6. The van der Waals surface area contributed by atoms with Crippen LogP contribution in [-0.2, 0) is 22.7 Å². The third kappa shape index (κ3) is 4.73. The van der Waals surface area contributed by atoms with Gasteiger partial charge in [-0.25, -0.2) is 4.79 Å². The van der Waals surface area contributed by atoms with Crippen molar-refractivity contribution in [3.05, 3.63) is 59.7 Å². The summed E-state index contributed by atoms with van der Waals surface area (Å²) < 4.78 is 15.9. The van der Waals surface area contributed by atoms with Crippen LogP contribution < -0.4 is 9.47 Å². The fourth-order valence-corrected chi connectivity index (χ4v) is 3.03. The smallest absolute Gasteiger partial charge is 0.410 e. The molecule has 0 N–H and O–H groups in total. The van der Waals surface area contributed by atoms with Gasteiger partial charge in [0.1, 0.15) is 24.7 Å². The normalized spacial score (nSPS) is 14.0. The van der Waals surface area contributed by atoms with Gasteiger partial charge in [-0.05, 0) is 17.7 Å². The monoisotopic (exact) mass is 384 g/mol. The lowest BCUT2D eigenvalue weighted by Gasteiger charge is -2.34. The average Bonchev–Trinajstić information content (AvgIpc) is 2.74. The minimum atomic E-state index is -0.473. The molecule has 2 aromatic rings. The van der Waals surface area contributed by atoms with E-state index in [1.54, 1.807) is 25.2 Å². The van der Waals surface area contributed by atoms with Crippen LogP contribution in [0.4, 0.5) is 4.79 Å². The molecule has 1 aliphatic heterocycles. The zero-order valence-corrected chi connectivity index (χ0v) is 16.1. The summed E-state index contributed by atoms with van der Waals surface area (Å²) in [5, 5.41) is 0. The maximum Gasteiger partial charge on any atom is 0.410 e. The Hall–Kier alpha value is -3.22. The van der Waals surface area contributed by atoms with E-state index in [1.165, 1.54) is 4.90 Å². The maximum absolute atomic E-state index is 12.5. The third-order valence-corrected chi connectivity index (χ3v) is 4.64. The van der Waals surface area contributed by atoms with Crippen molar-refractivity contribution in [1.82, 2.24) is 9.80 Å². The van der Waals surface area contributed by atoms with Gasteiger partial charge in [0.05, 0.1) is 14.2 Å². The molecule has 0 saturated carbocycles. The molecule has 3 rings (SSSR count). The van der Waals surface area contributed by atoms with Crippen LogP contribution in [0, 0.1) is 0 Å². The van der Waals surface area contributed by atoms with Gasteiger partial charge < -0.3 is 19.1 Å². The number of piperazine rings is 1. The van der Waals surface area contributed by atoms with E-state index in [9.17, 15) is 9.59 Å². The van der Waals surface area contributed by atoms with E-state index in [0.717, 1.165) is 11.1 Å². The number of benzene rings is 2.